The smallest absolute Gasteiger partial charge is 0.422 e. The number of ether oxygens (including phenoxy) is 2. The van der Waals surface area contributed by atoms with Crippen LogP contribution in [0, 0.1) is 0 Å². The van der Waals surface area contributed by atoms with Crippen molar-refractivity contribution in [2.75, 3.05) is 0 Å². The molecule has 1 heterocycles. The minimum atomic E-state index is -0.559. The molecular formula is C12H16O3. The first kappa shape index (κ1) is 10.3. The number of hydrogen-bond acceptors (Lipinski definition) is 3. The summed E-state index contributed by atoms with van der Waals surface area (Å²) in [7, 11) is 0. The SMILES string of the molecule is O=C1O[C@@H]2/C=C/CCCCC/C=C/[C@H]2O1. The fourth-order valence-corrected chi connectivity index (χ4v) is 1.84. The second kappa shape index (κ2) is 5.01. The molecule has 0 unspecified atom stereocenters. The Morgan fingerprint density at radius 1 is 0.933 bits per heavy atom. The summed E-state index contributed by atoms with van der Waals surface area (Å²) in [6, 6.07) is 0. The molecule has 1 saturated heterocycles. The second-order valence-corrected chi connectivity index (χ2v) is 3.91. The van der Waals surface area contributed by atoms with E-state index in [2.05, 4.69) is 12.2 Å². The Kier molecular flexibility index (Phi) is 3.43. The molecule has 0 aromatic carbocycles. The largest absolute Gasteiger partial charge is 0.509 e. The Balaban J connectivity index is 2.04. The van der Waals surface area contributed by atoms with E-state index in [0.717, 1.165) is 12.8 Å². The van der Waals surface area contributed by atoms with Gasteiger partial charge in [-0.2, -0.15) is 0 Å². The Morgan fingerprint density at radius 3 is 2.00 bits per heavy atom. The molecule has 1 aliphatic carbocycles. The molecule has 0 spiro atoms. The number of rotatable bonds is 0. The van der Waals surface area contributed by atoms with Gasteiger partial charge in [0.1, 0.15) is 0 Å². The van der Waals surface area contributed by atoms with E-state index in [1.807, 2.05) is 12.2 Å². The first-order chi connectivity index (χ1) is 7.36. The van der Waals surface area contributed by atoms with Gasteiger partial charge in [-0.1, -0.05) is 18.6 Å². The van der Waals surface area contributed by atoms with Gasteiger partial charge < -0.3 is 9.47 Å². The van der Waals surface area contributed by atoms with E-state index in [4.69, 9.17) is 9.47 Å². The quantitative estimate of drug-likeness (QED) is 0.453. The number of carbonyl (C=O) groups is 1. The summed E-state index contributed by atoms with van der Waals surface area (Å²) in [6.07, 6.45) is 12.8. The van der Waals surface area contributed by atoms with E-state index < -0.39 is 6.16 Å². The van der Waals surface area contributed by atoms with Gasteiger partial charge in [-0.3, -0.25) is 0 Å². The first-order valence-corrected chi connectivity index (χ1v) is 5.57. The third kappa shape index (κ3) is 2.85. The molecule has 2 rings (SSSR count). The number of fused-ring (bicyclic) bond motifs is 1. The highest BCUT2D eigenvalue weighted by Gasteiger charge is 2.32. The van der Waals surface area contributed by atoms with Gasteiger partial charge in [0.05, 0.1) is 0 Å². The van der Waals surface area contributed by atoms with E-state index in [0.29, 0.717) is 0 Å². The summed E-state index contributed by atoms with van der Waals surface area (Å²) in [4.78, 5) is 11.0. The Bertz CT molecular complexity index is 255. The van der Waals surface area contributed by atoms with Crippen molar-refractivity contribution in [1.29, 1.82) is 0 Å². The van der Waals surface area contributed by atoms with E-state index in [1.54, 1.807) is 0 Å². The van der Waals surface area contributed by atoms with Gasteiger partial charge in [-0.25, -0.2) is 4.79 Å². The predicted octanol–water partition coefficient (Wildman–Crippen LogP) is 2.97. The zero-order valence-corrected chi connectivity index (χ0v) is 8.72. The predicted molar refractivity (Wildman–Crippen MR) is 56.5 cm³/mol. The van der Waals surface area contributed by atoms with E-state index in [1.165, 1.54) is 19.3 Å². The van der Waals surface area contributed by atoms with Crippen LogP contribution in [0.1, 0.15) is 32.1 Å². The third-order valence-corrected chi connectivity index (χ3v) is 2.68. The summed E-state index contributed by atoms with van der Waals surface area (Å²) >= 11 is 0. The van der Waals surface area contributed by atoms with Crippen LogP contribution in [0.15, 0.2) is 24.3 Å². The minimum Gasteiger partial charge on any atom is -0.422 e. The molecular weight excluding hydrogens is 192 g/mol. The molecule has 1 aliphatic heterocycles. The number of hydrogen-bond donors (Lipinski definition) is 0. The lowest BCUT2D eigenvalue weighted by atomic mass is 10.1. The van der Waals surface area contributed by atoms with Crippen molar-refractivity contribution in [3.8, 4) is 0 Å². The highest BCUT2D eigenvalue weighted by atomic mass is 16.8. The third-order valence-electron chi connectivity index (χ3n) is 2.68. The van der Waals surface area contributed by atoms with Gasteiger partial charge in [0.25, 0.3) is 0 Å². The minimum absolute atomic E-state index is 0.230. The highest BCUT2D eigenvalue weighted by Crippen LogP contribution is 2.19. The molecule has 0 saturated carbocycles. The summed E-state index contributed by atoms with van der Waals surface area (Å²) in [5, 5.41) is 0. The van der Waals surface area contributed by atoms with E-state index >= 15 is 0 Å². The van der Waals surface area contributed by atoms with Crippen molar-refractivity contribution in [3.63, 3.8) is 0 Å². The summed E-state index contributed by atoms with van der Waals surface area (Å²) < 4.78 is 10.1. The molecule has 2 atom stereocenters. The van der Waals surface area contributed by atoms with Crippen LogP contribution in [0.2, 0.25) is 0 Å². The monoisotopic (exact) mass is 208 g/mol. The first-order valence-electron chi connectivity index (χ1n) is 5.57. The highest BCUT2D eigenvalue weighted by molar-refractivity contribution is 5.63. The molecule has 0 N–H and O–H groups in total. The van der Waals surface area contributed by atoms with Crippen molar-refractivity contribution < 1.29 is 14.3 Å². The Labute approximate surface area is 89.8 Å². The maximum atomic E-state index is 11.0. The Morgan fingerprint density at radius 2 is 1.47 bits per heavy atom. The molecule has 82 valence electrons. The van der Waals surface area contributed by atoms with Gasteiger partial charge in [0.15, 0.2) is 12.2 Å². The molecule has 0 aromatic rings. The molecule has 0 aromatic heterocycles. The van der Waals surface area contributed by atoms with Crippen LogP contribution in [0.4, 0.5) is 4.79 Å². The van der Waals surface area contributed by atoms with Crippen LogP contribution in [0.25, 0.3) is 0 Å². The number of carbonyl (C=O) groups excluding carboxylic acids is 1. The van der Waals surface area contributed by atoms with Crippen LogP contribution in [-0.2, 0) is 9.47 Å². The Hall–Kier alpha value is -1.25. The van der Waals surface area contributed by atoms with E-state index in [-0.39, 0.29) is 12.2 Å². The average molecular weight is 208 g/mol. The van der Waals surface area contributed by atoms with Crippen LogP contribution < -0.4 is 0 Å². The lowest BCUT2D eigenvalue weighted by Gasteiger charge is -2.06. The molecule has 1 fully saturated rings. The average Bonchev–Trinajstić information content (AvgIpc) is 2.54. The maximum Gasteiger partial charge on any atom is 0.509 e. The van der Waals surface area contributed by atoms with Crippen molar-refractivity contribution in [3.05, 3.63) is 24.3 Å². The lowest BCUT2D eigenvalue weighted by Crippen LogP contribution is -2.17. The molecule has 15 heavy (non-hydrogen) atoms. The fourth-order valence-electron chi connectivity index (χ4n) is 1.84. The van der Waals surface area contributed by atoms with Crippen molar-refractivity contribution in [1.82, 2.24) is 0 Å². The molecule has 0 amide bonds. The van der Waals surface area contributed by atoms with Crippen LogP contribution in [0.3, 0.4) is 0 Å². The summed E-state index contributed by atoms with van der Waals surface area (Å²) in [5.74, 6) is 0. The van der Waals surface area contributed by atoms with Gasteiger partial charge in [-0.05, 0) is 37.8 Å². The second-order valence-electron chi connectivity index (χ2n) is 3.91. The maximum absolute atomic E-state index is 11.0. The molecule has 2 aliphatic rings. The van der Waals surface area contributed by atoms with Crippen molar-refractivity contribution in [2.24, 2.45) is 0 Å². The van der Waals surface area contributed by atoms with Crippen molar-refractivity contribution >= 4 is 6.16 Å². The molecule has 0 radical (unpaired) electrons. The lowest BCUT2D eigenvalue weighted by molar-refractivity contribution is 0.122. The van der Waals surface area contributed by atoms with Crippen molar-refractivity contribution in [2.45, 2.75) is 44.3 Å². The zero-order valence-electron chi connectivity index (χ0n) is 8.72. The van der Waals surface area contributed by atoms with Crippen LogP contribution >= 0.6 is 0 Å². The van der Waals surface area contributed by atoms with Gasteiger partial charge >= 0.3 is 6.16 Å². The van der Waals surface area contributed by atoms with Crippen LogP contribution in [-0.4, -0.2) is 18.4 Å². The van der Waals surface area contributed by atoms with Gasteiger partial charge in [0, 0.05) is 0 Å². The standard InChI is InChI=1S/C12H16O3/c13-12-14-10-8-6-4-2-1-3-5-7-9-11(10)15-12/h6-11H,1-5H2/b8-6+,9-7+/t10-,11-/m1/s1. The molecule has 0 bridgehead atoms. The molecule has 3 nitrogen and oxygen atoms in total. The number of allylic oxidation sites excluding steroid dienone is 2. The van der Waals surface area contributed by atoms with E-state index in [9.17, 15) is 4.79 Å². The van der Waals surface area contributed by atoms with Gasteiger partial charge in [0.2, 0.25) is 0 Å². The zero-order chi connectivity index (χ0) is 10.5. The summed E-state index contributed by atoms with van der Waals surface area (Å²) in [5.41, 5.74) is 0. The molecule has 3 heteroatoms. The topological polar surface area (TPSA) is 35.5 Å². The van der Waals surface area contributed by atoms with Gasteiger partial charge in [-0.15, -0.1) is 0 Å². The van der Waals surface area contributed by atoms with Crippen LogP contribution in [0.5, 0.6) is 0 Å². The normalized spacial score (nSPS) is 35.6. The fraction of sp³-hybridized carbons (Fsp3) is 0.583. The summed E-state index contributed by atoms with van der Waals surface area (Å²) in [6.45, 7) is 0.